The van der Waals surface area contributed by atoms with Crippen molar-refractivity contribution >= 4 is 5.91 Å². The van der Waals surface area contributed by atoms with E-state index in [4.69, 9.17) is 10.3 Å². The van der Waals surface area contributed by atoms with Crippen LogP contribution in [-0.4, -0.2) is 53.6 Å². The van der Waals surface area contributed by atoms with Crippen molar-refractivity contribution in [3.05, 3.63) is 17.5 Å². The van der Waals surface area contributed by atoms with E-state index in [0.29, 0.717) is 6.54 Å². The quantitative estimate of drug-likeness (QED) is 0.859. The zero-order chi connectivity index (χ0) is 16.2. The minimum absolute atomic E-state index is 0.219. The number of rotatable bonds is 6. The number of carbonyl (C=O) groups excluding carboxylic acids is 1. The first-order valence-electron chi connectivity index (χ1n) is 8.18. The number of aromatic nitrogens is 1. The van der Waals surface area contributed by atoms with Gasteiger partial charge in [-0.25, -0.2) is 0 Å². The van der Waals surface area contributed by atoms with E-state index in [1.54, 1.807) is 0 Å². The lowest BCUT2D eigenvalue weighted by Gasteiger charge is -2.40. The summed E-state index contributed by atoms with van der Waals surface area (Å²) in [6.45, 7) is 10.5. The average Bonchev–Trinajstić information content (AvgIpc) is 2.95. The van der Waals surface area contributed by atoms with Crippen LogP contribution in [0.2, 0.25) is 0 Å². The van der Waals surface area contributed by atoms with Gasteiger partial charge in [-0.2, -0.15) is 0 Å². The Morgan fingerprint density at radius 3 is 2.41 bits per heavy atom. The molecule has 0 radical (unpaired) electrons. The van der Waals surface area contributed by atoms with Gasteiger partial charge in [-0.05, 0) is 19.8 Å². The summed E-state index contributed by atoms with van der Waals surface area (Å²) in [5, 5.41) is 4.03. The fraction of sp³-hybridized carbons (Fsp3) is 0.750. The standard InChI is InChI=1S/C16H28N4O2/c1-4-16(5-2,12-17)15(21)20-8-6-19(7-9-20)11-14-10-13(3)22-18-14/h10H,4-9,11-12,17H2,1-3H3. The van der Waals surface area contributed by atoms with Crippen LogP contribution in [0.25, 0.3) is 0 Å². The molecule has 1 amide bonds. The number of amides is 1. The third-order valence-electron chi connectivity index (χ3n) is 4.92. The second-order valence-corrected chi connectivity index (χ2v) is 6.19. The van der Waals surface area contributed by atoms with Crippen LogP contribution in [0, 0.1) is 12.3 Å². The van der Waals surface area contributed by atoms with Crippen LogP contribution < -0.4 is 5.73 Å². The molecular weight excluding hydrogens is 280 g/mol. The zero-order valence-electron chi connectivity index (χ0n) is 14.0. The van der Waals surface area contributed by atoms with Gasteiger partial charge in [0.1, 0.15) is 5.76 Å². The van der Waals surface area contributed by atoms with Gasteiger partial charge in [-0.15, -0.1) is 0 Å². The van der Waals surface area contributed by atoms with Gasteiger partial charge >= 0.3 is 0 Å². The maximum Gasteiger partial charge on any atom is 0.230 e. The molecule has 6 nitrogen and oxygen atoms in total. The SMILES string of the molecule is CCC(CC)(CN)C(=O)N1CCN(Cc2cc(C)on2)CC1. The molecular formula is C16H28N4O2. The Balaban J connectivity index is 1.90. The molecule has 0 aliphatic carbocycles. The maximum atomic E-state index is 12.8. The summed E-state index contributed by atoms with van der Waals surface area (Å²) in [5.74, 6) is 1.05. The van der Waals surface area contributed by atoms with E-state index in [0.717, 1.165) is 57.0 Å². The van der Waals surface area contributed by atoms with E-state index in [2.05, 4.69) is 23.9 Å². The lowest BCUT2D eigenvalue weighted by molar-refractivity contribution is -0.144. The number of nitrogens with zero attached hydrogens (tertiary/aromatic N) is 3. The van der Waals surface area contributed by atoms with E-state index in [1.807, 2.05) is 17.9 Å². The van der Waals surface area contributed by atoms with Crippen LogP contribution in [0.3, 0.4) is 0 Å². The fourth-order valence-electron chi connectivity index (χ4n) is 3.09. The predicted molar refractivity (Wildman–Crippen MR) is 85.2 cm³/mol. The second-order valence-electron chi connectivity index (χ2n) is 6.19. The van der Waals surface area contributed by atoms with Crippen molar-refractivity contribution in [2.24, 2.45) is 11.1 Å². The van der Waals surface area contributed by atoms with Gasteiger partial charge in [0.25, 0.3) is 0 Å². The van der Waals surface area contributed by atoms with Gasteiger partial charge in [0.2, 0.25) is 5.91 Å². The van der Waals surface area contributed by atoms with E-state index in [1.165, 1.54) is 0 Å². The molecule has 1 aliphatic heterocycles. The highest BCUT2D eigenvalue weighted by molar-refractivity contribution is 5.83. The molecule has 2 rings (SSSR count). The normalized spacial score (nSPS) is 17.0. The summed E-state index contributed by atoms with van der Waals surface area (Å²) in [4.78, 5) is 17.1. The Morgan fingerprint density at radius 2 is 1.95 bits per heavy atom. The Morgan fingerprint density at radius 1 is 1.32 bits per heavy atom. The summed E-state index contributed by atoms with van der Waals surface area (Å²) < 4.78 is 5.10. The van der Waals surface area contributed by atoms with Crippen molar-refractivity contribution in [3.63, 3.8) is 0 Å². The lowest BCUT2D eigenvalue weighted by atomic mass is 9.81. The summed E-state index contributed by atoms with van der Waals surface area (Å²) in [7, 11) is 0. The highest BCUT2D eigenvalue weighted by atomic mass is 16.5. The highest BCUT2D eigenvalue weighted by Crippen LogP contribution is 2.28. The fourth-order valence-corrected chi connectivity index (χ4v) is 3.09. The maximum absolute atomic E-state index is 12.8. The first kappa shape index (κ1) is 17.0. The molecule has 1 aliphatic rings. The van der Waals surface area contributed by atoms with Crippen LogP contribution in [0.15, 0.2) is 10.6 Å². The molecule has 1 fully saturated rings. The average molecular weight is 308 g/mol. The van der Waals surface area contributed by atoms with Gasteiger partial charge in [0, 0.05) is 45.3 Å². The van der Waals surface area contributed by atoms with Gasteiger partial charge in [0.05, 0.1) is 11.1 Å². The van der Waals surface area contributed by atoms with E-state index in [-0.39, 0.29) is 11.3 Å². The largest absolute Gasteiger partial charge is 0.361 e. The summed E-state index contributed by atoms with van der Waals surface area (Å²) >= 11 is 0. The van der Waals surface area contributed by atoms with Crippen LogP contribution in [-0.2, 0) is 11.3 Å². The topological polar surface area (TPSA) is 75.6 Å². The number of aryl methyl sites for hydroxylation is 1. The van der Waals surface area contributed by atoms with Gasteiger partial charge in [-0.3, -0.25) is 9.69 Å². The molecule has 0 spiro atoms. The van der Waals surface area contributed by atoms with Crippen LogP contribution in [0.1, 0.15) is 38.1 Å². The Bertz CT molecular complexity index is 480. The minimum Gasteiger partial charge on any atom is -0.361 e. The van der Waals surface area contributed by atoms with Gasteiger partial charge in [0.15, 0.2) is 0 Å². The minimum atomic E-state index is -0.384. The van der Waals surface area contributed by atoms with Crippen LogP contribution in [0.5, 0.6) is 0 Å². The zero-order valence-corrected chi connectivity index (χ0v) is 14.0. The first-order valence-corrected chi connectivity index (χ1v) is 8.18. The van der Waals surface area contributed by atoms with Crippen molar-refractivity contribution in [3.8, 4) is 0 Å². The molecule has 1 aromatic rings. The Labute approximate surface area is 132 Å². The Kier molecular flexibility index (Phi) is 5.58. The molecule has 2 N–H and O–H groups in total. The first-order chi connectivity index (χ1) is 10.5. The molecule has 2 heterocycles. The molecule has 0 saturated carbocycles. The molecule has 1 aromatic heterocycles. The Hall–Kier alpha value is -1.40. The monoisotopic (exact) mass is 308 g/mol. The van der Waals surface area contributed by atoms with E-state index >= 15 is 0 Å². The van der Waals surface area contributed by atoms with Crippen molar-refractivity contribution in [2.75, 3.05) is 32.7 Å². The molecule has 1 saturated heterocycles. The number of piperazine rings is 1. The molecule has 124 valence electrons. The third kappa shape index (κ3) is 3.50. The number of carbonyl (C=O) groups is 1. The van der Waals surface area contributed by atoms with Crippen molar-refractivity contribution in [2.45, 2.75) is 40.2 Å². The number of nitrogens with two attached hydrogens (primary N) is 1. The summed E-state index contributed by atoms with van der Waals surface area (Å²) in [5.41, 5.74) is 6.46. The summed E-state index contributed by atoms with van der Waals surface area (Å²) in [6, 6.07) is 1.96. The van der Waals surface area contributed by atoms with Crippen molar-refractivity contribution in [1.29, 1.82) is 0 Å². The third-order valence-corrected chi connectivity index (χ3v) is 4.92. The van der Waals surface area contributed by atoms with Gasteiger partial charge in [-0.1, -0.05) is 19.0 Å². The van der Waals surface area contributed by atoms with Crippen molar-refractivity contribution < 1.29 is 9.32 Å². The molecule has 0 bridgehead atoms. The number of hydrogen-bond donors (Lipinski definition) is 1. The van der Waals surface area contributed by atoms with Gasteiger partial charge < -0.3 is 15.2 Å². The van der Waals surface area contributed by atoms with Crippen molar-refractivity contribution in [1.82, 2.24) is 15.0 Å². The van der Waals surface area contributed by atoms with E-state index in [9.17, 15) is 4.79 Å². The molecule has 6 heteroatoms. The smallest absolute Gasteiger partial charge is 0.230 e. The number of hydrogen-bond acceptors (Lipinski definition) is 5. The highest BCUT2D eigenvalue weighted by Gasteiger charge is 2.37. The molecule has 0 unspecified atom stereocenters. The van der Waals surface area contributed by atoms with Crippen LogP contribution in [0.4, 0.5) is 0 Å². The van der Waals surface area contributed by atoms with Crippen LogP contribution >= 0.6 is 0 Å². The molecule has 0 atom stereocenters. The summed E-state index contributed by atoms with van der Waals surface area (Å²) in [6.07, 6.45) is 1.61. The lowest BCUT2D eigenvalue weighted by Crippen LogP contribution is -2.54. The second kappa shape index (κ2) is 7.24. The van der Waals surface area contributed by atoms with E-state index < -0.39 is 0 Å². The molecule has 0 aromatic carbocycles. The predicted octanol–water partition coefficient (Wildman–Crippen LogP) is 1.39. The molecule has 22 heavy (non-hydrogen) atoms.